The number of aromatic nitrogens is 4. The van der Waals surface area contributed by atoms with E-state index in [0.717, 1.165) is 16.7 Å². The Kier molecular flexibility index (Phi) is 3.39. The van der Waals surface area contributed by atoms with Crippen LogP contribution >= 0.6 is 0 Å². The summed E-state index contributed by atoms with van der Waals surface area (Å²) in [6.07, 6.45) is 0. The maximum atomic E-state index is 6.11. The number of benzene rings is 2. The van der Waals surface area contributed by atoms with E-state index in [1.807, 2.05) is 48.0 Å². The van der Waals surface area contributed by atoms with E-state index in [0.29, 0.717) is 11.5 Å². The molecule has 5 nitrogen and oxygen atoms in total. The van der Waals surface area contributed by atoms with Gasteiger partial charge in [0, 0.05) is 11.3 Å². The second kappa shape index (κ2) is 5.36. The van der Waals surface area contributed by atoms with Crippen molar-refractivity contribution in [3.8, 4) is 11.4 Å². The lowest BCUT2D eigenvalue weighted by molar-refractivity contribution is 0.548. The van der Waals surface area contributed by atoms with Gasteiger partial charge in [-0.05, 0) is 41.5 Å². The predicted octanol–water partition coefficient (Wildman–Crippen LogP) is 2.84. The Morgan fingerprint density at radius 1 is 1.05 bits per heavy atom. The fraction of sp³-hybridized carbons (Fsp3) is 0.188. The first-order chi connectivity index (χ1) is 10.2. The summed E-state index contributed by atoms with van der Waals surface area (Å²) in [6, 6.07) is 16.0. The van der Waals surface area contributed by atoms with Gasteiger partial charge >= 0.3 is 0 Å². The molecular weight excluding hydrogens is 262 g/mol. The van der Waals surface area contributed by atoms with Crippen LogP contribution in [0.25, 0.3) is 11.4 Å². The first-order valence-corrected chi connectivity index (χ1v) is 6.86. The smallest absolute Gasteiger partial charge is 0.184 e. The molecule has 1 aromatic heterocycles. The summed E-state index contributed by atoms with van der Waals surface area (Å²) in [6.45, 7) is 4.08. The van der Waals surface area contributed by atoms with Crippen LogP contribution in [-0.4, -0.2) is 20.2 Å². The average molecular weight is 279 g/mol. The van der Waals surface area contributed by atoms with Crippen LogP contribution in [0, 0.1) is 6.92 Å². The first-order valence-electron chi connectivity index (χ1n) is 6.86. The van der Waals surface area contributed by atoms with Gasteiger partial charge in [-0.25, -0.2) is 4.68 Å². The maximum absolute atomic E-state index is 6.11. The molecule has 0 saturated heterocycles. The summed E-state index contributed by atoms with van der Waals surface area (Å²) in [4.78, 5) is 0. The fourth-order valence-corrected chi connectivity index (χ4v) is 2.49. The van der Waals surface area contributed by atoms with E-state index < -0.39 is 0 Å². The lowest BCUT2D eigenvalue weighted by Crippen LogP contribution is -2.11. The topological polar surface area (TPSA) is 69.6 Å². The fourth-order valence-electron chi connectivity index (χ4n) is 2.49. The van der Waals surface area contributed by atoms with Crippen molar-refractivity contribution in [3.63, 3.8) is 0 Å². The Labute approximate surface area is 123 Å². The first kappa shape index (κ1) is 13.3. The minimum atomic E-state index is 0.0372. The molecule has 1 heterocycles. The molecule has 1 unspecified atom stereocenters. The lowest BCUT2D eigenvalue weighted by Gasteiger charge is -2.15. The number of nitrogens with zero attached hydrogens (tertiary/aromatic N) is 4. The quantitative estimate of drug-likeness (QED) is 0.748. The standard InChI is InChI=1S/C16H17N5/c1-11-7-6-10-14(17)15(11)16-18-19-20-21(16)12(2)13-8-4-3-5-9-13/h3-10,12H,17H2,1-2H3. The number of hydrogen-bond donors (Lipinski definition) is 1. The molecule has 3 rings (SSSR count). The molecular formula is C16H17N5. The SMILES string of the molecule is Cc1cccc(N)c1-c1nnnn1C(C)c1ccccc1. The molecule has 3 aromatic rings. The minimum absolute atomic E-state index is 0.0372. The van der Waals surface area contributed by atoms with Crippen molar-refractivity contribution in [1.82, 2.24) is 20.2 Å². The Morgan fingerprint density at radius 3 is 2.52 bits per heavy atom. The molecule has 0 aliphatic rings. The molecule has 106 valence electrons. The van der Waals surface area contributed by atoms with Crippen molar-refractivity contribution in [2.24, 2.45) is 0 Å². The molecule has 0 amide bonds. The molecule has 0 aliphatic heterocycles. The van der Waals surface area contributed by atoms with Crippen LogP contribution < -0.4 is 5.73 Å². The highest BCUT2D eigenvalue weighted by Crippen LogP contribution is 2.30. The zero-order valence-electron chi connectivity index (χ0n) is 12.1. The maximum Gasteiger partial charge on any atom is 0.184 e. The van der Waals surface area contributed by atoms with Gasteiger partial charge in [0.15, 0.2) is 5.82 Å². The van der Waals surface area contributed by atoms with Crippen LogP contribution in [0.2, 0.25) is 0 Å². The molecule has 2 N–H and O–H groups in total. The summed E-state index contributed by atoms with van der Waals surface area (Å²) >= 11 is 0. The van der Waals surface area contributed by atoms with Gasteiger partial charge in [-0.2, -0.15) is 0 Å². The Hall–Kier alpha value is -2.69. The molecule has 1 atom stereocenters. The van der Waals surface area contributed by atoms with Gasteiger partial charge in [-0.1, -0.05) is 42.5 Å². The molecule has 0 aliphatic carbocycles. The van der Waals surface area contributed by atoms with Gasteiger partial charge in [-0.15, -0.1) is 5.10 Å². The zero-order valence-corrected chi connectivity index (χ0v) is 12.1. The van der Waals surface area contributed by atoms with Crippen molar-refractivity contribution in [2.45, 2.75) is 19.9 Å². The van der Waals surface area contributed by atoms with Crippen molar-refractivity contribution in [2.75, 3.05) is 5.73 Å². The van der Waals surface area contributed by atoms with Crippen LogP contribution in [0.5, 0.6) is 0 Å². The third-order valence-electron chi connectivity index (χ3n) is 3.67. The average Bonchev–Trinajstić information content (AvgIpc) is 2.96. The highest BCUT2D eigenvalue weighted by Gasteiger charge is 2.19. The van der Waals surface area contributed by atoms with E-state index in [-0.39, 0.29) is 6.04 Å². The van der Waals surface area contributed by atoms with Crippen molar-refractivity contribution in [3.05, 3.63) is 59.7 Å². The molecule has 2 aromatic carbocycles. The van der Waals surface area contributed by atoms with Gasteiger partial charge < -0.3 is 5.73 Å². The number of rotatable bonds is 3. The van der Waals surface area contributed by atoms with Crippen LogP contribution in [0.1, 0.15) is 24.1 Å². The summed E-state index contributed by atoms with van der Waals surface area (Å²) in [5.41, 5.74) is 9.90. The van der Waals surface area contributed by atoms with Crippen molar-refractivity contribution < 1.29 is 0 Å². The van der Waals surface area contributed by atoms with Crippen LogP contribution in [-0.2, 0) is 0 Å². The normalized spacial score (nSPS) is 12.3. The molecule has 0 fully saturated rings. The highest BCUT2D eigenvalue weighted by molar-refractivity contribution is 5.74. The summed E-state index contributed by atoms with van der Waals surface area (Å²) in [7, 11) is 0. The Bertz CT molecular complexity index is 728. The van der Waals surface area contributed by atoms with Gasteiger partial charge in [0.1, 0.15) is 0 Å². The second-order valence-electron chi connectivity index (χ2n) is 5.07. The molecule has 5 heteroatoms. The molecule has 0 spiro atoms. The monoisotopic (exact) mass is 279 g/mol. The molecule has 0 bridgehead atoms. The van der Waals surface area contributed by atoms with E-state index in [9.17, 15) is 0 Å². The van der Waals surface area contributed by atoms with Crippen molar-refractivity contribution in [1.29, 1.82) is 0 Å². The number of anilines is 1. The van der Waals surface area contributed by atoms with E-state index in [1.54, 1.807) is 0 Å². The minimum Gasteiger partial charge on any atom is -0.398 e. The predicted molar refractivity (Wildman–Crippen MR) is 82.7 cm³/mol. The lowest BCUT2D eigenvalue weighted by atomic mass is 10.0. The number of nitrogen functional groups attached to an aromatic ring is 1. The van der Waals surface area contributed by atoms with E-state index >= 15 is 0 Å². The summed E-state index contributed by atoms with van der Waals surface area (Å²) in [5, 5.41) is 12.2. The van der Waals surface area contributed by atoms with Gasteiger partial charge in [-0.3, -0.25) is 0 Å². The third-order valence-corrected chi connectivity index (χ3v) is 3.67. The molecule has 0 radical (unpaired) electrons. The highest BCUT2D eigenvalue weighted by atomic mass is 15.5. The van der Waals surface area contributed by atoms with Crippen molar-refractivity contribution >= 4 is 5.69 Å². The third kappa shape index (κ3) is 2.38. The van der Waals surface area contributed by atoms with Gasteiger partial charge in [0.25, 0.3) is 0 Å². The van der Waals surface area contributed by atoms with Crippen LogP contribution in [0.4, 0.5) is 5.69 Å². The number of hydrogen-bond acceptors (Lipinski definition) is 4. The molecule has 21 heavy (non-hydrogen) atoms. The van der Waals surface area contributed by atoms with E-state index in [2.05, 4.69) is 34.6 Å². The summed E-state index contributed by atoms with van der Waals surface area (Å²) in [5.74, 6) is 0.696. The Balaban J connectivity index is 2.10. The van der Waals surface area contributed by atoms with Gasteiger partial charge in [0.2, 0.25) is 0 Å². The summed E-state index contributed by atoms with van der Waals surface area (Å²) < 4.78 is 1.81. The largest absolute Gasteiger partial charge is 0.398 e. The number of aryl methyl sites for hydroxylation is 1. The Morgan fingerprint density at radius 2 is 1.81 bits per heavy atom. The van der Waals surface area contributed by atoms with Gasteiger partial charge in [0.05, 0.1) is 6.04 Å². The van der Waals surface area contributed by atoms with Crippen LogP contribution in [0.3, 0.4) is 0 Å². The number of tetrazole rings is 1. The number of nitrogens with two attached hydrogens (primary N) is 1. The van der Waals surface area contributed by atoms with E-state index in [1.165, 1.54) is 0 Å². The second-order valence-corrected chi connectivity index (χ2v) is 5.07. The van der Waals surface area contributed by atoms with E-state index in [4.69, 9.17) is 5.73 Å². The van der Waals surface area contributed by atoms with Crippen LogP contribution in [0.15, 0.2) is 48.5 Å². The molecule has 0 saturated carbocycles. The zero-order chi connectivity index (χ0) is 14.8.